The van der Waals surface area contributed by atoms with Crippen LogP contribution in [0, 0.1) is 6.92 Å². The summed E-state index contributed by atoms with van der Waals surface area (Å²) in [5.74, 6) is -0.681. The zero-order valence-corrected chi connectivity index (χ0v) is 14.2. The van der Waals surface area contributed by atoms with E-state index in [1.54, 1.807) is 11.8 Å². The zero-order valence-electron chi connectivity index (χ0n) is 14.2. The van der Waals surface area contributed by atoms with Crippen molar-refractivity contribution in [1.29, 1.82) is 0 Å². The first-order valence-corrected chi connectivity index (χ1v) is 8.39. The van der Waals surface area contributed by atoms with Crippen molar-refractivity contribution < 1.29 is 19.1 Å². The Morgan fingerprint density at radius 3 is 2.72 bits per heavy atom. The van der Waals surface area contributed by atoms with E-state index < -0.39 is 17.7 Å². The minimum atomic E-state index is -1.22. The van der Waals surface area contributed by atoms with E-state index in [0.29, 0.717) is 6.54 Å². The molecule has 0 saturated carbocycles. The first-order chi connectivity index (χ1) is 12.1. The highest BCUT2D eigenvalue weighted by atomic mass is 16.7. The summed E-state index contributed by atoms with van der Waals surface area (Å²) in [6, 6.07) is 15.6. The monoisotopic (exact) mass is 337 g/mol. The molecule has 2 aliphatic rings. The molecule has 1 saturated heterocycles. The first-order valence-electron chi connectivity index (χ1n) is 8.39. The molecule has 2 atom stereocenters. The van der Waals surface area contributed by atoms with Gasteiger partial charge in [-0.15, -0.1) is 0 Å². The van der Waals surface area contributed by atoms with Gasteiger partial charge in [-0.3, -0.25) is 4.79 Å². The van der Waals surface area contributed by atoms with Gasteiger partial charge in [0, 0.05) is 5.56 Å². The molecule has 1 spiro atoms. The second-order valence-corrected chi connectivity index (χ2v) is 6.38. The Hall–Kier alpha value is -2.66. The standard InChI is InChI=1S/C20H19NO4/c1-3-24-18(22)17-20(25-17)15-11-13(2)9-10-16(15)21(19(20)23)12-14-7-5-4-6-8-14/h4-11,17H,3,12H2,1-2H3/t17-,20+/m1/s1. The molecule has 1 fully saturated rings. The molecular formula is C20H19NO4. The van der Waals surface area contributed by atoms with Gasteiger partial charge in [0.25, 0.3) is 5.91 Å². The van der Waals surface area contributed by atoms with Crippen molar-refractivity contribution in [3.8, 4) is 0 Å². The fraction of sp³-hybridized carbons (Fsp3) is 0.300. The van der Waals surface area contributed by atoms with Gasteiger partial charge in [-0.25, -0.2) is 4.79 Å². The lowest BCUT2D eigenvalue weighted by Gasteiger charge is -2.17. The maximum atomic E-state index is 13.2. The number of amides is 1. The molecular weight excluding hydrogens is 318 g/mol. The molecule has 0 bridgehead atoms. The van der Waals surface area contributed by atoms with Crippen LogP contribution < -0.4 is 4.90 Å². The molecule has 0 unspecified atom stereocenters. The lowest BCUT2D eigenvalue weighted by atomic mass is 9.95. The topological polar surface area (TPSA) is 59.1 Å². The minimum Gasteiger partial charge on any atom is -0.464 e. The SMILES string of the molecule is CCOC(=O)[C@H]1O[C@]12C(=O)N(Cc1ccccc1)c1ccc(C)cc12. The molecule has 0 aliphatic carbocycles. The van der Waals surface area contributed by atoms with E-state index in [1.165, 1.54) is 0 Å². The molecule has 2 aromatic carbocycles. The number of rotatable bonds is 4. The number of esters is 1. The first kappa shape index (κ1) is 15.8. The number of hydrogen-bond donors (Lipinski definition) is 0. The van der Waals surface area contributed by atoms with Gasteiger partial charge in [0.15, 0.2) is 6.10 Å². The number of nitrogens with zero attached hydrogens (tertiary/aromatic N) is 1. The third-order valence-electron chi connectivity index (χ3n) is 4.71. The van der Waals surface area contributed by atoms with Crippen LogP contribution in [-0.4, -0.2) is 24.6 Å². The lowest BCUT2D eigenvalue weighted by molar-refractivity contribution is -0.144. The number of ether oxygens (including phenoxy) is 2. The van der Waals surface area contributed by atoms with E-state index in [4.69, 9.17) is 9.47 Å². The fourth-order valence-corrected chi connectivity index (χ4v) is 3.48. The third kappa shape index (κ3) is 2.35. The van der Waals surface area contributed by atoms with Crippen LogP contribution >= 0.6 is 0 Å². The van der Waals surface area contributed by atoms with E-state index in [0.717, 1.165) is 22.4 Å². The number of epoxide rings is 1. The summed E-state index contributed by atoms with van der Waals surface area (Å²) in [7, 11) is 0. The predicted octanol–water partition coefficient (Wildman–Crippen LogP) is 2.70. The van der Waals surface area contributed by atoms with E-state index in [2.05, 4.69) is 0 Å². The summed E-state index contributed by atoms with van der Waals surface area (Å²) >= 11 is 0. The molecule has 25 heavy (non-hydrogen) atoms. The highest BCUT2D eigenvalue weighted by Gasteiger charge is 2.73. The van der Waals surface area contributed by atoms with Gasteiger partial charge in [0.2, 0.25) is 5.60 Å². The summed E-state index contributed by atoms with van der Waals surface area (Å²) in [6.07, 6.45) is -0.860. The van der Waals surface area contributed by atoms with Crippen molar-refractivity contribution >= 4 is 17.6 Å². The van der Waals surface area contributed by atoms with Gasteiger partial charge in [-0.1, -0.05) is 48.0 Å². The maximum Gasteiger partial charge on any atom is 0.339 e. The number of fused-ring (bicyclic) bond motifs is 2. The third-order valence-corrected chi connectivity index (χ3v) is 4.71. The molecule has 2 heterocycles. The molecule has 5 nitrogen and oxygen atoms in total. The smallest absolute Gasteiger partial charge is 0.339 e. The zero-order chi connectivity index (χ0) is 17.6. The molecule has 1 amide bonds. The predicted molar refractivity (Wildman–Crippen MR) is 92.0 cm³/mol. The lowest BCUT2D eigenvalue weighted by Crippen LogP contribution is -2.35. The highest BCUT2D eigenvalue weighted by molar-refractivity contribution is 6.12. The normalized spacial score (nSPS) is 23.7. The molecule has 5 heteroatoms. The Balaban J connectivity index is 1.73. The van der Waals surface area contributed by atoms with Crippen LogP contribution in [0.1, 0.15) is 23.6 Å². The Bertz CT molecular complexity index is 848. The number of carbonyl (C=O) groups is 2. The van der Waals surface area contributed by atoms with E-state index in [-0.39, 0.29) is 12.5 Å². The quantitative estimate of drug-likeness (QED) is 0.636. The van der Waals surface area contributed by atoms with Gasteiger partial charge in [0.05, 0.1) is 18.8 Å². The van der Waals surface area contributed by atoms with Crippen molar-refractivity contribution in [2.45, 2.75) is 32.1 Å². The van der Waals surface area contributed by atoms with Crippen molar-refractivity contribution in [2.75, 3.05) is 11.5 Å². The van der Waals surface area contributed by atoms with Crippen molar-refractivity contribution in [1.82, 2.24) is 0 Å². The van der Waals surface area contributed by atoms with Crippen LogP contribution in [0.3, 0.4) is 0 Å². The highest BCUT2D eigenvalue weighted by Crippen LogP contribution is 2.56. The average molecular weight is 337 g/mol. The molecule has 0 N–H and O–H groups in total. The van der Waals surface area contributed by atoms with Crippen LogP contribution in [0.4, 0.5) is 5.69 Å². The Labute approximate surface area is 146 Å². The van der Waals surface area contributed by atoms with E-state index in [1.807, 2.05) is 55.5 Å². The second-order valence-electron chi connectivity index (χ2n) is 6.38. The molecule has 0 radical (unpaired) electrons. The molecule has 2 aliphatic heterocycles. The van der Waals surface area contributed by atoms with Crippen molar-refractivity contribution in [2.24, 2.45) is 0 Å². The van der Waals surface area contributed by atoms with Gasteiger partial charge in [-0.2, -0.15) is 0 Å². The van der Waals surface area contributed by atoms with Gasteiger partial charge < -0.3 is 14.4 Å². The number of aryl methyl sites for hydroxylation is 1. The number of benzene rings is 2. The van der Waals surface area contributed by atoms with Crippen molar-refractivity contribution in [3.63, 3.8) is 0 Å². The summed E-state index contributed by atoms with van der Waals surface area (Å²) in [4.78, 5) is 27.0. The van der Waals surface area contributed by atoms with Gasteiger partial charge in [0.1, 0.15) is 0 Å². The Kier molecular flexibility index (Phi) is 3.62. The van der Waals surface area contributed by atoms with Gasteiger partial charge >= 0.3 is 5.97 Å². The summed E-state index contributed by atoms with van der Waals surface area (Å²) in [6.45, 7) is 4.40. The largest absolute Gasteiger partial charge is 0.464 e. The number of carbonyl (C=O) groups excluding carboxylic acids is 2. The molecule has 128 valence electrons. The number of anilines is 1. The molecule has 2 aromatic rings. The van der Waals surface area contributed by atoms with Crippen LogP contribution in [0.2, 0.25) is 0 Å². The van der Waals surface area contributed by atoms with Crippen LogP contribution in [0.25, 0.3) is 0 Å². The summed E-state index contributed by atoms with van der Waals surface area (Å²) < 4.78 is 10.7. The van der Waals surface area contributed by atoms with Crippen molar-refractivity contribution in [3.05, 3.63) is 65.2 Å². The fourth-order valence-electron chi connectivity index (χ4n) is 3.48. The minimum absolute atomic E-state index is 0.199. The molecule has 4 rings (SSSR count). The summed E-state index contributed by atoms with van der Waals surface area (Å²) in [5.41, 5.74) is 2.37. The molecule has 0 aromatic heterocycles. The van der Waals surface area contributed by atoms with E-state index in [9.17, 15) is 9.59 Å². The van der Waals surface area contributed by atoms with E-state index >= 15 is 0 Å². The van der Waals surface area contributed by atoms with Crippen LogP contribution in [0.5, 0.6) is 0 Å². The van der Waals surface area contributed by atoms with Crippen LogP contribution in [0.15, 0.2) is 48.5 Å². The Morgan fingerprint density at radius 1 is 1.24 bits per heavy atom. The van der Waals surface area contributed by atoms with Crippen LogP contribution in [-0.2, 0) is 31.2 Å². The Morgan fingerprint density at radius 2 is 2.00 bits per heavy atom. The number of hydrogen-bond acceptors (Lipinski definition) is 4. The maximum absolute atomic E-state index is 13.2. The summed E-state index contributed by atoms with van der Waals surface area (Å²) in [5, 5.41) is 0. The second kappa shape index (κ2) is 5.70. The average Bonchev–Trinajstić information content (AvgIpc) is 3.33. The van der Waals surface area contributed by atoms with Gasteiger partial charge in [-0.05, 0) is 25.5 Å².